The zero-order valence-corrected chi connectivity index (χ0v) is 41.3. The summed E-state index contributed by atoms with van der Waals surface area (Å²) in [5.41, 5.74) is -13.1. The molecule has 0 aromatic heterocycles. The highest BCUT2D eigenvalue weighted by Gasteiger charge is 2.53. The van der Waals surface area contributed by atoms with Gasteiger partial charge in [-0.3, -0.25) is 0 Å². The normalized spacial score (nSPS) is 16.7. The Balaban J connectivity index is 0.000000302. The summed E-state index contributed by atoms with van der Waals surface area (Å²) in [5, 5.41) is 3.02. The van der Waals surface area contributed by atoms with Gasteiger partial charge in [-0.05, 0) is 63.2 Å². The molecule has 22 heteroatoms. The van der Waals surface area contributed by atoms with Gasteiger partial charge < -0.3 is 5.32 Å². The molecule has 0 bridgehead atoms. The fraction of sp³-hybridized carbons (Fsp3) is 0.538. The minimum absolute atomic E-state index is 0.613. The molecule has 0 amide bonds. The molecule has 0 radical (unpaired) electrons. The predicted molar refractivity (Wildman–Crippen MR) is 238 cm³/mol. The van der Waals surface area contributed by atoms with Gasteiger partial charge in [0.25, 0.3) is 0 Å². The molecule has 2 aliphatic rings. The average Bonchev–Trinajstić information content (AvgIpc) is 3.36. The van der Waals surface area contributed by atoms with Crippen LogP contribution in [0, 0.1) is 139 Å². The largest absolute Gasteiger partial charge is 0.340 e. The van der Waals surface area contributed by atoms with Crippen molar-refractivity contribution in [1.82, 2.24) is 0 Å². The molecule has 2 fully saturated rings. The molecular weight excluding hydrogens is 1030 g/mol. The first-order valence-electron chi connectivity index (χ1n) is 24.7. The zero-order valence-electron chi connectivity index (χ0n) is 41.3. The molecule has 0 spiro atoms. The molecule has 1 nitrogen and oxygen atoms in total. The van der Waals surface area contributed by atoms with E-state index in [1.165, 1.54) is 103 Å². The smallest absolute Gasteiger partial charge is 0.200 e. The van der Waals surface area contributed by atoms with Crippen molar-refractivity contribution in [2.24, 2.45) is 22.7 Å². The van der Waals surface area contributed by atoms with Crippen LogP contribution in [0.3, 0.4) is 0 Å². The highest BCUT2D eigenvalue weighted by molar-refractivity contribution is 7.20. The monoisotopic (exact) mass is 1090 g/mol. The Hall–Kier alpha value is -4.50. The van der Waals surface area contributed by atoms with E-state index in [-0.39, 0.29) is 0 Å². The third-order valence-corrected chi connectivity index (χ3v) is 15.3. The van der Waals surface area contributed by atoms with E-state index in [4.69, 9.17) is 0 Å². The van der Waals surface area contributed by atoms with Gasteiger partial charge in [0.05, 0.1) is 12.1 Å². The number of hydrogen-bond acceptors (Lipinski definition) is 0. The number of benzene rings is 4. The molecule has 0 aliphatic heterocycles. The fourth-order valence-electron chi connectivity index (χ4n) is 12.6. The standard InChI is InChI=1S/C28H55N.C24BF20/c1-7-15-25(27(21-23(3)4)17-11-9-12-18-27)29-26(16-8-2)28(22-24(5)6)19-13-10-14-20-28;26-5-1(6(27)14(35)21(42)13(5)34)25(2-7(28)15(36)22(43)16(37)8(2)29,3-9(30)17(38)23(44)18(39)10(3)31)4-11(32)19(40)24(45)20(41)12(4)33/h23-26,29H,7-22H2,1-6H3;/q;-1/p+1. The van der Waals surface area contributed by atoms with Crippen molar-refractivity contribution in [2.75, 3.05) is 0 Å². The van der Waals surface area contributed by atoms with Crippen LogP contribution in [0.15, 0.2) is 0 Å². The van der Waals surface area contributed by atoms with E-state index in [0.29, 0.717) is 10.8 Å². The fourth-order valence-corrected chi connectivity index (χ4v) is 12.6. The molecule has 0 heterocycles. The lowest BCUT2D eigenvalue weighted by Crippen LogP contribution is -3.00. The van der Waals surface area contributed by atoms with Crippen molar-refractivity contribution in [3.8, 4) is 0 Å². The van der Waals surface area contributed by atoms with Crippen molar-refractivity contribution < 1.29 is 93.1 Å². The number of hydrogen-bond donors (Lipinski definition) is 1. The minimum Gasteiger partial charge on any atom is -0.340 e. The molecule has 0 saturated heterocycles. The summed E-state index contributed by atoms with van der Waals surface area (Å²) in [6.45, 7) is 14.8. The molecule has 2 aliphatic carbocycles. The minimum atomic E-state index is -7.22. The number of rotatable bonds is 16. The Morgan fingerprint density at radius 1 is 0.324 bits per heavy atom. The van der Waals surface area contributed by atoms with Crippen LogP contribution in [-0.4, -0.2) is 18.2 Å². The molecule has 6 rings (SSSR count). The van der Waals surface area contributed by atoms with Crippen LogP contribution in [0.5, 0.6) is 0 Å². The maximum absolute atomic E-state index is 15.4. The van der Waals surface area contributed by atoms with Crippen molar-refractivity contribution in [1.29, 1.82) is 0 Å². The second-order valence-electron chi connectivity index (χ2n) is 20.8. The van der Waals surface area contributed by atoms with Gasteiger partial charge in [0.1, 0.15) is 52.7 Å². The topological polar surface area (TPSA) is 16.6 Å². The number of nitrogens with two attached hydrogens (primary N) is 1. The Labute approximate surface area is 415 Å². The number of halogens is 20. The van der Waals surface area contributed by atoms with E-state index in [0.717, 1.165) is 23.9 Å². The summed E-state index contributed by atoms with van der Waals surface area (Å²) in [6, 6.07) is 1.72. The molecule has 412 valence electrons. The van der Waals surface area contributed by atoms with E-state index < -0.39 is 144 Å². The van der Waals surface area contributed by atoms with Crippen LogP contribution < -0.4 is 27.2 Å². The third kappa shape index (κ3) is 10.6. The van der Waals surface area contributed by atoms with Gasteiger partial charge in [0.15, 0.2) is 69.8 Å². The first kappa shape index (κ1) is 60.4. The summed E-state index contributed by atoms with van der Waals surface area (Å²) in [6.07, 6.45) is 16.2. The SMILES string of the molecule is CCCC([NH2+]C(CCC)C1(CC(C)C)CCCCC1)C1(CC(C)C)CCCCC1.Fc1c(F)c(F)c([B-](c2c(F)c(F)c(F)c(F)c2F)(c2c(F)c(F)c(F)c(F)c2F)c2c(F)c(F)c(F)c(F)c2F)c(F)c1F. The van der Waals surface area contributed by atoms with Crippen molar-refractivity contribution in [3.05, 3.63) is 116 Å². The Morgan fingerprint density at radius 2 is 0.514 bits per heavy atom. The third-order valence-electron chi connectivity index (χ3n) is 15.3. The highest BCUT2D eigenvalue weighted by atomic mass is 19.2. The summed E-state index contributed by atoms with van der Waals surface area (Å²) in [5.74, 6) is -69.7. The van der Waals surface area contributed by atoms with Crippen LogP contribution in [0.1, 0.15) is 144 Å². The summed E-state index contributed by atoms with van der Waals surface area (Å²) < 4.78 is 294. The Morgan fingerprint density at radius 3 is 0.689 bits per heavy atom. The molecule has 2 N–H and O–H groups in total. The average molecular weight is 1090 g/mol. The lowest BCUT2D eigenvalue weighted by Gasteiger charge is -2.49. The van der Waals surface area contributed by atoms with E-state index in [1.54, 1.807) is 0 Å². The van der Waals surface area contributed by atoms with Gasteiger partial charge >= 0.3 is 0 Å². The van der Waals surface area contributed by atoms with Gasteiger partial charge in [-0.2, -0.15) is 0 Å². The zero-order chi connectivity index (χ0) is 55.7. The second-order valence-corrected chi connectivity index (χ2v) is 20.8. The first-order valence-corrected chi connectivity index (χ1v) is 24.7. The van der Waals surface area contributed by atoms with Crippen molar-refractivity contribution >= 4 is 28.0 Å². The molecule has 4 aromatic rings. The van der Waals surface area contributed by atoms with Gasteiger partial charge in [0, 0.05) is 10.8 Å². The van der Waals surface area contributed by atoms with Crippen LogP contribution in [0.25, 0.3) is 0 Å². The summed E-state index contributed by atoms with van der Waals surface area (Å²) in [7, 11) is 0. The molecule has 2 unspecified atom stereocenters. The van der Waals surface area contributed by atoms with Crippen molar-refractivity contribution in [3.63, 3.8) is 0 Å². The maximum Gasteiger partial charge on any atom is 0.200 e. The van der Waals surface area contributed by atoms with Gasteiger partial charge in [0.2, 0.25) is 0 Å². The number of quaternary nitrogens is 1. The van der Waals surface area contributed by atoms with E-state index >= 15 is 35.1 Å². The maximum atomic E-state index is 15.4. The quantitative estimate of drug-likeness (QED) is 0.0498. The molecular formula is C52H56BF20N. The van der Waals surface area contributed by atoms with Gasteiger partial charge in [-0.25, -0.2) is 87.8 Å². The predicted octanol–water partition coefficient (Wildman–Crippen LogP) is 13.7. The Kier molecular flexibility index (Phi) is 19.4. The lowest BCUT2D eigenvalue weighted by atomic mass is 9.12. The second kappa shape index (κ2) is 23.8. The van der Waals surface area contributed by atoms with Crippen molar-refractivity contribution in [2.45, 2.75) is 156 Å². The lowest BCUT2D eigenvalue weighted by molar-refractivity contribution is -0.749. The Bertz CT molecular complexity index is 2250. The molecule has 2 saturated carbocycles. The summed E-state index contributed by atoms with van der Waals surface area (Å²) >= 11 is 0. The highest BCUT2D eigenvalue weighted by Crippen LogP contribution is 2.47. The van der Waals surface area contributed by atoms with Crippen LogP contribution in [0.4, 0.5) is 87.8 Å². The first-order chi connectivity index (χ1) is 34.6. The van der Waals surface area contributed by atoms with Gasteiger partial charge in [-0.1, -0.05) is 92.9 Å². The molecule has 4 aromatic carbocycles. The van der Waals surface area contributed by atoms with Gasteiger partial charge in [-0.15, -0.1) is 21.9 Å². The van der Waals surface area contributed by atoms with E-state index in [2.05, 4.69) is 46.9 Å². The molecule has 74 heavy (non-hydrogen) atoms. The van der Waals surface area contributed by atoms with E-state index in [9.17, 15) is 52.7 Å². The van der Waals surface area contributed by atoms with Crippen LogP contribution in [-0.2, 0) is 0 Å². The van der Waals surface area contributed by atoms with E-state index in [1.807, 2.05) is 0 Å². The summed E-state index contributed by atoms with van der Waals surface area (Å²) in [4.78, 5) is 0. The van der Waals surface area contributed by atoms with Crippen LogP contribution >= 0.6 is 0 Å². The molecule has 2 atom stereocenters. The van der Waals surface area contributed by atoms with Crippen LogP contribution in [0.2, 0.25) is 0 Å².